The van der Waals surface area contributed by atoms with Crippen LogP contribution in [0.5, 0.6) is 0 Å². The summed E-state index contributed by atoms with van der Waals surface area (Å²) in [7, 11) is 0. The van der Waals surface area contributed by atoms with Crippen molar-refractivity contribution < 1.29 is 13.6 Å². The Kier molecular flexibility index (Phi) is 4.75. The largest absolute Gasteiger partial charge is 0.299 e. The number of ketones is 1. The molecule has 0 amide bonds. The summed E-state index contributed by atoms with van der Waals surface area (Å²) in [5.74, 6) is -0.373. The molecule has 0 heterocycles. The first-order chi connectivity index (χ1) is 7.13. The first-order valence-electron chi connectivity index (χ1n) is 4.58. The predicted octanol–water partition coefficient (Wildman–Crippen LogP) is 2.83. The molecule has 0 aliphatic heterocycles. The molecule has 0 fully saturated rings. The molecule has 0 radical (unpaired) electrons. The highest BCUT2D eigenvalue weighted by Crippen LogP contribution is 2.11. The van der Waals surface area contributed by atoms with E-state index >= 15 is 0 Å². The summed E-state index contributed by atoms with van der Waals surface area (Å²) in [4.78, 5) is 11.3. The third kappa shape index (κ3) is 4.00. The maximum atomic E-state index is 13.1. The molecule has 0 N–H and O–H groups in total. The Hall–Kier alpha value is -0.900. The van der Waals surface area contributed by atoms with Gasteiger partial charge in [0.2, 0.25) is 0 Å². The van der Waals surface area contributed by atoms with Crippen LogP contribution in [0.15, 0.2) is 18.2 Å². The Morgan fingerprint density at radius 3 is 2.80 bits per heavy atom. The lowest BCUT2D eigenvalue weighted by molar-refractivity contribution is -0.118. The molecule has 1 nitrogen and oxygen atoms in total. The zero-order valence-electron chi connectivity index (χ0n) is 8.43. The summed E-state index contributed by atoms with van der Waals surface area (Å²) in [6.07, 6.45) is 2.28. The van der Waals surface area contributed by atoms with Crippen LogP contribution >= 0.6 is 11.8 Å². The Labute approximate surface area is 91.9 Å². The highest BCUT2D eigenvalue weighted by atomic mass is 32.2. The van der Waals surface area contributed by atoms with Gasteiger partial charge in [-0.3, -0.25) is 4.79 Å². The second-order valence-electron chi connectivity index (χ2n) is 3.19. The number of halogens is 2. The van der Waals surface area contributed by atoms with Gasteiger partial charge in [0, 0.05) is 12.8 Å². The van der Waals surface area contributed by atoms with Crippen LogP contribution in [0.2, 0.25) is 0 Å². The van der Waals surface area contributed by atoms with Gasteiger partial charge in [0.15, 0.2) is 0 Å². The Bertz CT molecular complexity index is 352. The van der Waals surface area contributed by atoms with E-state index in [1.54, 1.807) is 11.8 Å². The van der Waals surface area contributed by atoms with E-state index in [0.717, 1.165) is 24.0 Å². The van der Waals surface area contributed by atoms with Crippen LogP contribution in [-0.4, -0.2) is 17.8 Å². The smallest absolute Gasteiger partial charge is 0.138 e. The minimum Gasteiger partial charge on any atom is -0.299 e. The summed E-state index contributed by atoms with van der Waals surface area (Å²) < 4.78 is 25.9. The first-order valence-corrected chi connectivity index (χ1v) is 5.97. The molecule has 0 spiro atoms. The third-order valence-corrected chi connectivity index (χ3v) is 2.59. The summed E-state index contributed by atoms with van der Waals surface area (Å²) in [5.41, 5.74) is 0.140. The Morgan fingerprint density at radius 1 is 1.40 bits per heavy atom. The van der Waals surface area contributed by atoms with E-state index in [0.29, 0.717) is 6.42 Å². The van der Waals surface area contributed by atoms with Gasteiger partial charge in [-0.05, 0) is 35.8 Å². The third-order valence-electron chi connectivity index (χ3n) is 1.98. The van der Waals surface area contributed by atoms with Gasteiger partial charge in [0.1, 0.15) is 17.4 Å². The minimum absolute atomic E-state index is 0.0237. The fourth-order valence-electron chi connectivity index (χ4n) is 1.20. The zero-order chi connectivity index (χ0) is 11.3. The summed E-state index contributed by atoms with van der Waals surface area (Å²) >= 11 is 1.56. The number of rotatable bonds is 5. The van der Waals surface area contributed by atoms with Crippen LogP contribution in [0.25, 0.3) is 0 Å². The lowest BCUT2D eigenvalue weighted by Crippen LogP contribution is -2.05. The molecule has 1 aromatic rings. The van der Waals surface area contributed by atoms with Crippen LogP contribution in [0.3, 0.4) is 0 Å². The van der Waals surface area contributed by atoms with Crippen LogP contribution in [0, 0.1) is 11.6 Å². The fraction of sp³-hybridized carbons (Fsp3) is 0.364. The highest BCUT2D eigenvalue weighted by molar-refractivity contribution is 7.98. The molecule has 0 aliphatic carbocycles. The lowest BCUT2D eigenvalue weighted by Gasteiger charge is -2.02. The lowest BCUT2D eigenvalue weighted by atomic mass is 10.1. The van der Waals surface area contributed by atoms with Gasteiger partial charge in [0.05, 0.1) is 0 Å². The van der Waals surface area contributed by atoms with Crippen LogP contribution in [-0.2, 0) is 11.2 Å². The van der Waals surface area contributed by atoms with Crippen molar-refractivity contribution in [3.63, 3.8) is 0 Å². The quantitative estimate of drug-likeness (QED) is 0.773. The second-order valence-corrected chi connectivity index (χ2v) is 4.18. The van der Waals surface area contributed by atoms with Gasteiger partial charge in [-0.2, -0.15) is 11.8 Å². The van der Waals surface area contributed by atoms with Gasteiger partial charge >= 0.3 is 0 Å². The molecule has 0 bridgehead atoms. The van der Waals surface area contributed by atoms with E-state index < -0.39 is 11.6 Å². The monoisotopic (exact) mass is 230 g/mol. The SMILES string of the molecule is CSCCC(=O)Cc1cc(F)ccc1F. The molecule has 1 rings (SSSR count). The maximum Gasteiger partial charge on any atom is 0.138 e. The molecule has 1 aromatic carbocycles. The second kappa shape index (κ2) is 5.85. The van der Waals surface area contributed by atoms with E-state index in [-0.39, 0.29) is 17.8 Å². The van der Waals surface area contributed by atoms with Gasteiger partial charge < -0.3 is 0 Å². The van der Waals surface area contributed by atoms with E-state index in [2.05, 4.69) is 0 Å². The Morgan fingerprint density at radius 2 is 2.13 bits per heavy atom. The van der Waals surface area contributed by atoms with Crippen molar-refractivity contribution in [3.05, 3.63) is 35.4 Å². The van der Waals surface area contributed by atoms with E-state index in [1.165, 1.54) is 0 Å². The number of carbonyl (C=O) groups is 1. The number of thioether (sulfide) groups is 1. The zero-order valence-corrected chi connectivity index (χ0v) is 9.24. The molecule has 82 valence electrons. The molecule has 0 aromatic heterocycles. The molecule has 4 heteroatoms. The number of benzene rings is 1. The molecule has 0 saturated heterocycles. The highest BCUT2D eigenvalue weighted by Gasteiger charge is 2.08. The maximum absolute atomic E-state index is 13.1. The molecule has 15 heavy (non-hydrogen) atoms. The van der Waals surface area contributed by atoms with Crippen LogP contribution < -0.4 is 0 Å². The van der Waals surface area contributed by atoms with Crippen LogP contribution in [0.4, 0.5) is 8.78 Å². The average Bonchev–Trinajstić information content (AvgIpc) is 2.20. The van der Waals surface area contributed by atoms with Crippen molar-refractivity contribution in [1.82, 2.24) is 0 Å². The molecule has 0 aliphatic rings. The number of Topliss-reactive ketones (excluding diaryl/α,β-unsaturated/α-hetero) is 1. The van der Waals surface area contributed by atoms with Crippen molar-refractivity contribution >= 4 is 17.5 Å². The number of carbonyl (C=O) groups excluding carboxylic acids is 1. The van der Waals surface area contributed by atoms with Crippen molar-refractivity contribution in [3.8, 4) is 0 Å². The molecule has 0 unspecified atom stereocenters. The molecule has 0 atom stereocenters. The summed E-state index contributed by atoms with van der Waals surface area (Å²) in [6, 6.07) is 3.17. The fourth-order valence-corrected chi connectivity index (χ4v) is 1.63. The van der Waals surface area contributed by atoms with Gasteiger partial charge in [-0.25, -0.2) is 8.78 Å². The van der Waals surface area contributed by atoms with Crippen molar-refractivity contribution in [2.24, 2.45) is 0 Å². The van der Waals surface area contributed by atoms with Gasteiger partial charge in [0.25, 0.3) is 0 Å². The molecule has 0 saturated carbocycles. The first kappa shape index (κ1) is 12.2. The van der Waals surface area contributed by atoms with E-state index in [1.807, 2.05) is 6.26 Å². The number of hydrogen-bond acceptors (Lipinski definition) is 2. The van der Waals surface area contributed by atoms with Crippen molar-refractivity contribution in [2.75, 3.05) is 12.0 Å². The van der Waals surface area contributed by atoms with Gasteiger partial charge in [-0.1, -0.05) is 0 Å². The Balaban J connectivity index is 2.63. The normalized spacial score (nSPS) is 10.3. The summed E-state index contributed by atoms with van der Waals surface area (Å²) in [5, 5.41) is 0. The molecular weight excluding hydrogens is 218 g/mol. The van der Waals surface area contributed by atoms with E-state index in [9.17, 15) is 13.6 Å². The minimum atomic E-state index is -0.520. The van der Waals surface area contributed by atoms with Crippen molar-refractivity contribution in [2.45, 2.75) is 12.8 Å². The predicted molar refractivity (Wildman–Crippen MR) is 58.1 cm³/mol. The topological polar surface area (TPSA) is 17.1 Å². The van der Waals surface area contributed by atoms with Crippen LogP contribution in [0.1, 0.15) is 12.0 Å². The summed E-state index contributed by atoms with van der Waals surface area (Å²) in [6.45, 7) is 0. The number of hydrogen-bond donors (Lipinski definition) is 0. The standard InChI is InChI=1S/C11H12F2OS/c1-15-5-4-10(14)7-8-6-9(12)2-3-11(8)13/h2-3,6H,4-5,7H2,1H3. The average molecular weight is 230 g/mol. The van der Waals surface area contributed by atoms with E-state index in [4.69, 9.17) is 0 Å². The molecular formula is C11H12F2OS. The van der Waals surface area contributed by atoms with Crippen molar-refractivity contribution in [1.29, 1.82) is 0 Å². The van der Waals surface area contributed by atoms with Gasteiger partial charge in [-0.15, -0.1) is 0 Å².